The van der Waals surface area contributed by atoms with E-state index in [1.54, 1.807) is 12.0 Å². The number of amides is 1. The Kier molecular flexibility index (Phi) is 6.47. The van der Waals surface area contributed by atoms with Gasteiger partial charge in [0.25, 0.3) is 0 Å². The number of pyridine rings is 1. The molecule has 1 aliphatic heterocycles. The predicted molar refractivity (Wildman–Crippen MR) is 133 cm³/mol. The number of carbonyl (C=O) groups is 1. The number of rotatable bonds is 3. The SMILES string of the molecule is COc1cc(C)cc(C)c1-c1ccc2c(C)nc(C3CCCN(C(=O)OC(C)(C)C)C3)nc2n1. The van der Waals surface area contributed by atoms with E-state index in [4.69, 9.17) is 24.4 Å². The molecule has 2 aromatic heterocycles. The van der Waals surface area contributed by atoms with Crippen LogP contribution in [0.3, 0.4) is 0 Å². The molecule has 1 saturated heterocycles. The van der Waals surface area contributed by atoms with Crippen molar-refractivity contribution in [1.29, 1.82) is 0 Å². The Morgan fingerprint density at radius 2 is 1.85 bits per heavy atom. The van der Waals surface area contributed by atoms with Gasteiger partial charge in [0, 0.05) is 30.0 Å². The average molecular weight is 463 g/mol. The molecule has 1 fully saturated rings. The van der Waals surface area contributed by atoms with Gasteiger partial charge in [-0.15, -0.1) is 0 Å². The van der Waals surface area contributed by atoms with Crippen LogP contribution in [0.25, 0.3) is 22.3 Å². The number of benzene rings is 1. The van der Waals surface area contributed by atoms with Crippen LogP contribution in [0.1, 0.15) is 62.2 Å². The van der Waals surface area contributed by atoms with Gasteiger partial charge in [0.2, 0.25) is 0 Å². The van der Waals surface area contributed by atoms with E-state index in [0.717, 1.165) is 57.9 Å². The van der Waals surface area contributed by atoms with Crippen LogP contribution in [-0.2, 0) is 4.74 Å². The zero-order valence-corrected chi connectivity index (χ0v) is 21.2. The van der Waals surface area contributed by atoms with Gasteiger partial charge in [-0.2, -0.15) is 0 Å². The molecule has 4 rings (SSSR count). The Morgan fingerprint density at radius 1 is 1.09 bits per heavy atom. The van der Waals surface area contributed by atoms with Gasteiger partial charge in [0.1, 0.15) is 17.2 Å². The molecule has 3 aromatic rings. The molecule has 7 heteroatoms. The maximum Gasteiger partial charge on any atom is 0.410 e. The minimum Gasteiger partial charge on any atom is -0.496 e. The number of nitrogens with zero attached hydrogens (tertiary/aromatic N) is 4. The largest absolute Gasteiger partial charge is 0.496 e. The molecule has 7 nitrogen and oxygen atoms in total. The van der Waals surface area contributed by atoms with E-state index in [1.807, 2.05) is 45.9 Å². The number of aromatic nitrogens is 3. The first kappa shape index (κ1) is 23.9. The maximum absolute atomic E-state index is 12.6. The van der Waals surface area contributed by atoms with Crippen LogP contribution < -0.4 is 4.74 Å². The molecule has 0 bridgehead atoms. The zero-order chi connectivity index (χ0) is 24.6. The summed E-state index contributed by atoms with van der Waals surface area (Å²) >= 11 is 0. The maximum atomic E-state index is 12.6. The standard InChI is InChI=1S/C27H34N4O3/c1-16-13-17(2)23(22(14-16)33-7)21-11-10-20-18(3)28-24(30-25(20)29-21)19-9-8-12-31(15-19)26(32)34-27(4,5)6/h10-11,13-14,19H,8-9,12,15H2,1-7H3. The van der Waals surface area contributed by atoms with E-state index in [0.29, 0.717) is 18.7 Å². The number of piperidine rings is 1. The first-order valence-corrected chi connectivity index (χ1v) is 11.8. The molecule has 34 heavy (non-hydrogen) atoms. The van der Waals surface area contributed by atoms with Crippen molar-refractivity contribution in [3.8, 4) is 17.0 Å². The molecule has 0 spiro atoms. The number of carbonyl (C=O) groups excluding carboxylic acids is 1. The predicted octanol–water partition coefficient (Wildman–Crippen LogP) is 5.74. The van der Waals surface area contributed by atoms with Gasteiger partial charge in [0.05, 0.1) is 18.5 Å². The van der Waals surface area contributed by atoms with E-state index in [9.17, 15) is 4.79 Å². The molecule has 180 valence electrons. The van der Waals surface area contributed by atoms with E-state index >= 15 is 0 Å². The van der Waals surface area contributed by atoms with Crippen molar-refractivity contribution in [2.45, 2.75) is 65.9 Å². The molecule has 1 amide bonds. The number of aryl methyl sites for hydroxylation is 3. The minimum absolute atomic E-state index is 0.0467. The van der Waals surface area contributed by atoms with Crippen molar-refractivity contribution in [2.24, 2.45) is 0 Å². The van der Waals surface area contributed by atoms with Gasteiger partial charge in [-0.1, -0.05) is 6.07 Å². The topological polar surface area (TPSA) is 77.4 Å². The Hall–Kier alpha value is -3.22. The van der Waals surface area contributed by atoms with Gasteiger partial charge in [-0.25, -0.2) is 19.7 Å². The molecule has 1 aliphatic rings. The third-order valence-corrected chi connectivity index (χ3v) is 6.13. The van der Waals surface area contributed by atoms with E-state index < -0.39 is 5.60 Å². The highest BCUT2D eigenvalue weighted by atomic mass is 16.6. The van der Waals surface area contributed by atoms with Crippen molar-refractivity contribution in [3.63, 3.8) is 0 Å². The van der Waals surface area contributed by atoms with Crippen molar-refractivity contribution in [3.05, 3.63) is 46.9 Å². The monoisotopic (exact) mass is 462 g/mol. The molecule has 0 aliphatic carbocycles. The molecule has 1 atom stereocenters. The number of hydrogen-bond donors (Lipinski definition) is 0. The summed E-state index contributed by atoms with van der Waals surface area (Å²) in [7, 11) is 1.68. The van der Waals surface area contributed by atoms with Crippen LogP contribution in [0.4, 0.5) is 4.79 Å². The lowest BCUT2D eigenvalue weighted by Gasteiger charge is -2.33. The number of hydrogen-bond acceptors (Lipinski definition) is 6. The highest BCUT2D eigenvalue weighted by Gasteiger charge is 2.30. The normalized spacial score (nSPS) is 16.6. The fraction of sp³-hybridized carbons (Fsp3) is 0.481. The summed E-state index contributed by atoms with van der Waals surface area (Å²) < 4.78 is 11.2. The van der Waals surface area contributed by atoms with Crippen molar-refractivity contribution in [1.82, 2.24) is 19.9 Å². The molecule has 0 radical (unpaired) electrons. The second-order valence-corrected chi connectivity index (χ2v) is 10.2. The van der Waals surface area contributed by atoms with Gasteiger partial charge >= 0.3 is 6.09 Å². The highest BCUT2D eigenvalue weighted by molar-refractivity contribution is 5.82. The summed E-state index contributed by atoms with van der Waals surface area (Å²) in [4.78, 5) is 29.0. The molecule has 3 heterocycles. The van der Waals surface area contributed by atoms with Crippen molar-refractivity contribution < 1.29 is 14.3 Å². The van der Waals surface area contributed by atoms with Gasteiger partial charge in [-0.05, 0) is 83.7 Å². The van der Waals surface area contributed by atoms with Crippen LogP contribution in [0.2, 0.25) is 0 Å². The van der Waals surface area contributed by atoms with E-state index in [2.05, 4.69) is 19.9 Å². The third-order valence-electron chi connectivity index (χ3n) is 6.13. The van der Waals surface area contributed by atoms with Crippen molar-refractivity contribution in [2.75, 3.05) is 20.2 Å². The Balaban J connectivity index is 1.69. The lowest BCUT2D eigenvalue weighted by molar-refractivity contribution is 0.0196. The molecular weight excluding hydrogens is 428 g/mol. The summed E-state index contributed by atoms with van der Waals surface area (Å²) in [5, 5.41) is 0.927. The van der Waals surface area contributed by atoms with E-state index in [-0.39, 0.29) is 12.0 Å². The number of likely N-dealkylation sites (tertiary alicyclic amines) is 1. The number of methoxy groups -OCH3 is 1. The molecule has 0 N–H and O–H groups in total. The zero-order valence-electron chi connectivity index (χ0n) is 21.2. The smallest absolute Gasteiger partial charge is 0.410 e. The van der Waals surface area contributed by atoms with Crippen LogP contribution in [0.15, 0.2) is 24.3 Å². The van der Waals surface area contributed by atoms with Gasteiger partial charge in [-0.3, -0.25) is 0 Å². The van der Waals surface area contributed by atoms with Crippen LogP contribution in [0.5, 0.6) is 5.75 Å². The Labute approximate surface area is 201 Å². The average Bonchev–Trinajstić information content (AvgIpc) is 2.77. The lowest BCUT2D eigenvalue weighted by Crippen LogP contribution is -2.42. The Morgan fingerprint density at radius 3 is 2.56 bits per heavy atom. The first-order chi connectivity index (χ1) is 16.1. The Bertz CT molecular complexity index is 1230. The molecule has 1 unspecified atom stereocenters. The fourth-order valence-electron chi connectivity index (χ4n) is 4.60. The molecular formula is C27H34N4O3. The summed E-state index contributed by atoms with van der Waals surface area (Å²) in [5.41, 5.74) is 5.08. The number of ether oxygens (including phenoxy) is 2. The molecule has 0 saturated carbocycles. The quantitative estimate of drug-likeness (QED) is 0.494. The highest BCUT2D eigenvalue weighted by Crippen LogP contribution is 2.34. The van der Waals surface area contributed by atoms with Crippen LogP contribution >= 0.6 is 0 Å². The summed E-state index contributed by atoms with van der Waals surface area (Å²) in [5.74, 6) is 1.58. The first-order valence-electron chi connectivity index (χ1n) is 11.8. The lowest BCUT2D eigenvalue weighted by atomic mass is 9.97. The second kappa shape index (κ2) is 9.20. The fourth-order valence-corrected chi connectivity index (χ4v) is 4.60. The van der Waals surface area contributed by atoms with Gasteiger partial charge < -0.3 is 14.4 Å². The number of fused-ring (bicyclic) bond motifs is 1. The minimum atomic E-state index is -0.518. The van der Waals surface area contributed by atoms with Crippen LogP contribution in [0, 0.1) is 20.8 Å². The van der Waals surface area contributed by atoms with E-state index in [1.165, 1.54) is 0 Å². The van der Waals surface area contributed by atoms with Crippen LogP contribution in [-0.4, -0.2) is 51.7 Å². The van der Waals surface area contributed by atoms with Gasteiger partial charge in [0.15, 0.2) is 5.65 Å². The summed E-state index contributed by atoms with van der Waals surface area (Å²) in [6.07, 6.45) is 1.53. The third kappa shape index (κ3) is 4.98. The second-order valence-electron chi connectivity index (χ2n) is 10.2. The molecule has 1 aromatic carbocycles. The summed E-state index contributed by atoms with van der Waals surface area (Å²) in [6.45, 7) is 13.0. The van der Waals surface area contributed by atoms with Crippen molar-refractivity contribution >= 4 is 17.1 Å². The summed E-state index contributed by atoms with van der Waals surface area (Å²) in [6, 6.07) is 8.19.